The first-order valence-electron chi connectivity index (χ1n) is 6.51. The molecule has 5 atom stereocenters. The summed E-state index contributed by atoms with van der Waals surface area (Å²) in [5.74, 6) is 2.05. The summed E-state index contributed by atoms with van der Waals surface area (Å²) < 4.78 is 11.9. The second-order valence-corrected chi connectivity index (χ2v) is 5.20. The zero-order valence-corrected chi connectivity index (χ0v) is 10.2. The fraction of sp³-hybridized carbons (Fsp3) is 1.00. The second kappa shape index (κ2) is 4.84. The minimum Gasteiger partial charge on any atom is -0.352 e. The molecule has 0 N–H and O–H groups in total. The van der Waals surface area contributed by atoms with Crippen LogP contribution in [0.5, 0.6) is 0 Å². The maximum absolute atomic E-state index is 6.08. The summed E-state index contributed by atoms with van der Waals surface area (Å²) in [5, 5.41) is 0. The first kappa shape index (κ1) is 11.4. The van der Waals surface area contributed by atoms with Crippen LogP contribution in [-0.4, -0.2) is 19.0 Å². The van der Waals surface area contributed by atoms with Crippen molar-refractivity contribution in [3.8, 4) is 0 Å². The molecule has 0 spiro atoms. The molecule has 0 amide bonds. The van der Waals surface area contributed by atoms with Crippen LogP contribution in [0.2, 0.25) is 0 Å². The molecule has 3 fully saturated rings. The molecule has 0 aliphatic carbocycles. The monoisotopic (exact) mass is 212 g/mol. The average molecular weight is 212 g/mol. The Morgan fingerprint density at radius 2 is 1.93 bits per heavy atom. The third-order valence-corrected chi connectivity index (χ3v) is 4.34. The Morgan fingerprint density at radius 3 is 2.67 bits per heavy atom. The molecule has 3 saturated heterocycles. The van der Waals surface area contributed by atoms with Gasteiger partial charge in [0.25, 0.3) is 0 Å². The van der Waals surface area contributed by atoms with Crippen LogP contribution in [0.4, 0.5) is 0 Å². The molecule has 15 heavy (non-hydrogen) atoms. The van der Waals surface area contributed by atoms with Crippen molar-refractivity contribution >= 4 is 0 Å². The standard InChI is InChI=1S/C13H24O2/c1-4-12-11-7-5-6-8-14-13(15-12)10(3)9(11)2/h9-13H,4-8H2,1-3H3. The van der Waals surface area contributed by atoms with Crippen LogP contribution < -0.4 is 0 Å². The van der Waals surface area contributed by atoms with Gasteiger partial charge < -0.3 is 9.47 Å². The zero-order chi connectivity index (χ0) is 10.8. The zero-order valence-electron chi connectivity index (χ0n) is 10.2. The summed E-state index contributed by atoms with van der Waals surface area (Å²) in [7, 11) is 0. The van der Waals surface area contributed by atoms with Gasteiger partial charge in [0.1, 0.15) is 0 Å². The number of ether oxygens (including phenoxy) is 2. The Balaban J connectivity index is 2.16. The van der Waals surface area contributed by atoms with Crippen molar-refractivity contribution in [2.45, 2.75) is 58.8 Å². The van der Waals surface area contributed by atoms with Gasteiger partial charge in [-0.15, -0.1) is 0 Å². The maximum atomic E-state index is 6.08. The van der Waals surface area contributed by atoms with E-state index in [9.17, 15) is 0 Å². The predicted molar refractivity (Wildman–Crippen MR) is 60.6 cm³/mol. The molecule has 3 aliphatic rings. The van der Waals surface area contributed by atoms with E-state index in [-0.39, 0.29) is 6.29 Å². The second-order valence-electron chi connectivity index (χ2n) is 5.20. The number of hydrogen-bond donors (Lipinski definition) is 0. The normalized spacial score (nSPS) is 47.0. The van der Waals surface area contributed by atoms with Crippen LogP contribution in [0.25, 0.3) is 0 Å². The quantitative estimate of drug-likeness (QED) is 0.664. The molecule has 2 bridgehead atoms. The highest BCUT2D eigenvalue weighted by Gasteiger charge is 2.41. The Morgan fingerprint density at radius 1 is 1.13 bits per heavy atom. The Hall–Kier alpha value is -0.0800. The van der Waals surface area contributed by atoms with E-state index in [0.29, 0.717) is 12.0 Å². The molecule has 3 aliphatic heterocycles. The van der Waals surface area contributed by atoms with Crippen LogP contribution in [0.3, 0.4) is 0 Å². The van der Waals surface area contributed by atoms with E-state index in [1.807, 2.05) is 0 Å². The molecular formula is C13H24O2. The fourth-order valence-electron chi connectivity index (χ4n) is 3.09. The highest BCUT2D eigenvalue weighted by Crippen LogP contribution is 2.40. The molecule has 0 saturated carbocycles. The van der Waals surface area contributed by atoms with E-state index < -0.39 is 0 Å². The average Bonchev–Trinajstić information content (AvgIpc) is 2.38. The van der Waals surface area contributed by atoms with E-state index >= 15 is 0 Å². The molecule has 0 radical (unpaired) electrons. The van der Waals surface area contributed by atoms with Crippen molar-refractivity contribution in [2.24, 2.45) is 17.8 Å². The van der Waals surface area contributed by atoms with Crippen LogP contribution in [-0.2, 0) is 9.47 Å². The number of fused-ring (bicyclic) bond motifs is 6. The lowest BCUT2D eigenvalue weighted by Crippen LogP contribution is -2.46. The summed E-state index contributed by atoms with van der Waals surface area (Å²) in [5.41, 5.74) is 0. The van der Waals surface area contributed by atoms with Crippen LogP contribution in [0.15, 0.2) is 0 Å². The highest BCUT2D eigenvalue weighted by atomic mass is 16.7. The summed E-state index contributed by atoms with van der Waals surface area (Å²) in [4.78, 5) is 0. The third kappa shape index (κ3) is 2.21. The lowest BCUT2D eigenvalue weighted by molar-refractivity contribution is -0.246. The van der Waals surface area contributed by atoms with Gasteiger partial charge in [-0.25, -0.2) is 0 Å². The first-order valence-corrected chi connectivity index (χ1v) is 6.51. The summed E-state index contributed by atoms with van der Waals surface area (Å²) in [6.45, 7) is 7.77. The number of hydrogen-bond acceptors (Lipinski definition) is 2. The summed E-state index contributed by atoms with van der Waals surface area (Å²) in [6, 6.07) is 0. The molecule has 0 aromatic carbocycles. The van der Waals surface area contributed by atoms with E-state index in [2.05, 4.69) is 20.8 Å². The molecule has 0 aromatic heterocycles. The molecule has 0 aromatic rings. The number of rotatable bonds is 1. The van der Waals surface area contributed by atoms with Crippen molar-refractivity contribution in [1.82, 2.24) is 0 Å². The summed E-state index contributed by atoms with van der Waals surface area (Å²) in [6.07, 6.45) is 5.43. The largest absolute Gasteiger partial charge is 0.352 e. The first-order chi connectivity index (χ1) is 7.24. The minimum atomic E-state index is 0.0549. The van der Waals surface area contributed by atoms with Gasteiger partial charge >= 0.3 is 0 Å². The minimum absolute atomic E-state index is 0.0549. The van der Waals surface area contributed by atoms with E-state index in [0.717, 1.165) is 24.9 Å². The molecule has 5 unspecified atom stereocenters. The Bertz CT molecular complexity index is 201. The van der Waals surface area contributed by atoms with Gasteiger partial charge in [-0.3, -0.25) is 0 Å². The van der Waals surface area contributed by atoms with Crippen molar-refractivity contribution in [3.05, 3.63) is 0 Å². The fourth-order valence-corrected chi connectivity index (χ4v) is 3.09. The lowest BCUT2D eigenvalue weighted by Gasteiger charge is -2.43. The van der Waals surface area contributed by atoms with E-state index in [1.165, 1.54) is 19.3 Å². The molecule has 3 rings (SSSR count). The van der Waals surface area contributed by atoms with Crippen molar-refractivity contribution in [1.29, 1.82) is 0 Å². The van der Waals surface area contributed by atoms with Crippen LogP contribution in [0.1, 0.15) is 46.5 Å². The SMILES string of the molecule is CCC1OC2OCCCCC1C(C)C2C. The summed E-state index contributed by atoms with van der Waals surface area (Å²) >= 11 is 0. The Labute approximate surface area is 93.3 Å². The van der Waals surface area contributed by atoms with Gasteiger partial charge in [0, 0.05) is 12.5 Å². The van der Waals surface area contributed by atoms with Gasteiger partial charge in [0.15, 0.2) is 6.29 Å². The molecular weight excluding hydrogens is 188 g/mol. The molecule has 2 nitrogen and oxygen atoms in total. The van der Waals surface area contributed by atoms with Crippen LogP contribution >= 0.6 is 0 Å². The van der Waals surface area contributed by atoms with Gasteiger partial charge in [-0.2, -0.15) is 0 Å². The molecule has 2 heteroatoms. The van der Waals surface area contributed by atoms with Gasteiger partial charge in [0.05, 0.1) is 6.10 Å². The van der Waals surface area contributed by atoms with Crippen molar-refractivity contribution in [2.75, 3.05) is 6.61 Å². The van der Waals surface area contributed by atoms with Gasteiger partial charge in [0.2, 0.25) is 0 Å². The third-order valence-electron chi connectivity index (χ3n) is 4.34. The molecule has 88 valence electrons. The van der Waals surface area contributed by atoms with Gasteiger partial charge in [-0.05, 0) is 31.1 Å². The lowest BCUT2D eigenvalue weighted by atomic mass is 9.75. The van der Waals surface area contributed by atoms with Crippen LogP contribution in [0, 0.1) is 17.8 Å². The van der Waals surface area contributed by atoms with Crippen molar-refractivity contribution in [3.63, 3.8) is 0 Å². The van der Waals surface area contributed by atoms with E-state index in [1.54, 1.807) is 0 Å². The van der Waals surface area contributed by atoms with Crippen molar-refractivity contribution < 1.29 is 9.47 Å². The Kier molecular flexibility index (Phi) is 3.68. The maximum Gasteiger partial charge on any atom is 0.160 e. The highest BCUT2D eigenvalue weighted by molar-refractivity contribution is 4.85. The van der Waals surface area contributed by atoms with E-state index in [4.69, 9.17) is 9.47 Å². The topological polar surface area (TPSA) is 18.5 Å². The van der Waals surface area contributed by atoms with Gasteiger partial charge in [-0.1, -0.05) is 27.2 Å². The molecule has 3 heterocycles. The smallest absolute Gasteiger partial charge is 0.160 e. The predicted octanol–water partition coefficient (Wildman–Crippen LogP) is 3.21.